The van der Waals surface area contributed by atoms with Gasteiger partial charge >= 0.3 is 0 Å². The number of amides is 1. The number of hydrogen-bond donors (Lipinski definition) is 1. The van der Waals surface area contributed by atoms with Gasteiger partial charge in [-0.2, -0.15) is 0 Å². The molecule has 20 heavy (non-hydrogen) atoms. The van der Waals surface area contributed by atoms with Gasteiger partial charge in [0, 0.05) is 25.0 Å². The van der Waals surface area contributed by atoms with Crippen molar-refractivity contribution in [3.8, 4) is 0 Å². The number of carbonyl (C=O) groups excluding carboxylic acids is 1. The van der Waals surface area contributed by atoms with Crippen LogP contribution in [0.4, 0.5) is 0 Å². The van der Waals surface area contributed by atoms with Gasteiger partial charge in [0.15, 0.2) is 0 Å². The molecule has 1 amide bonds. The Balaban J connectivity index is 2.92. The maximum absolute atomic E-state index is 12.9. The van der Waals surface area contributed by atoms with Crippen LogP contribution in [0.25, 0.3) is 0 Å². The molecular weight excluding hydrogens is 248 g/mol. The van der Waals surface area contributed by atoms with Crippen molar-refractivity contribution in [3.63, 3.8) is 0 Å². The first-order valence-electron chi connectivity index (χ1n) is 7.93. The molecule has 3 nitrogen and oxygen atoms in total. The van der Waals surface area contributed by atoms with Crippen molar-refractivity contribution < 1.29 is 4.79 Å². The molecule has 118 valence electrons. The lowest BCUT2D eigenvalue weighted by molar-refractivity contribution is -0.146. The Kier molecular flexibility index (Phi) is 4.95. The Morgan fingerprint density at radius 3 is 2.25 bits per heavy atom. The van der Waals surface area contributed by atoms with Crippen molar-refractivity contribution >= 4 is 5.91 Å². The minimum Gasteiger partial charge on any atom is -0.342 e. The molecule has 0 spiro atoms. The average Bonchev–Trinajstić information content (AvgIpc) is 2.32. The summed E-state index contributed by atoms with van der Waals surface area (Å²) in [6, 6.07) is 0.455. The Morgan fingerprint density at radius 2 is 1.80 bits per heavy atom. The van der Waals surface area contributed by atoms with E-state index in [4.69, 9.17) is 5.73 Å². The molecule has 0 aliphatic heterocycles. The predicted octanol–water partition coefficient (Wildman–Crippen LogP) is 3.28. The van der Waals surface area contributed by atoms with Gasteiger partial charge in [0.1, 0.15) is 0 Å². The second-order valence-electron chi connectivity index (χ2n) is 8.39. The number of hydrogen-bond acceptors (Lipinski definition) is 2. The summed E-state index contributed by atoms with van der Waals surface area (Å²) >= 11 is 0. The van der Waals surface area contributed by atoms with E-state index >= 15 is 0 Å². The quantitative estimate of drug-likeness (QED) is 0.845. The van der Waals surface area contributed by atoms with Crippen molar-refractivity contribution in [1.29, 1.82) is 0 Å². The van der Waals surface area contributed by atoms with Crippen LogP contribution in [-0.2, 0) is 4.79 Å². The number of nitrogens with two attached hydrogens (primary N) is 1. The van der Waals surface area contributed by atoms with E-state index in [0.29, 0.717) is 5.92 Å². The normalized spacial score (nSPS) is 31.8. The van der Waals surface area contributed by atoms with Gasteiger partial charge in [0.2, 0.25) is 5.91 Å². The zero-order chi connectivity index (χ0) is 15.9. The molecule has 4 atom stereocenters. The smallest absolute Gasteiger partial charge is 0.226 e. The molecule has 1 aliphatic rings. The Hall–Kier alpha value is -0.570. The molecule has 0 aromatic heterocycles. The first-order valence-corrected chi connectivity index (χ1v) is 7.93. The van der Waals surface area contributed by atoms with Gasteiger partial charge in [0.05, 0.1) is 0 Å². The number of rotatable bonds is 2. The second-order valence-corrected chi connectivity index (χ2v) is 8.39. The van der Waals surface area contributed by atoms with Gasteiger partial charge in [0.25, 0.3) is 0 Å². The Bertz CT molecular complexity index is 356. The maximum Gasteiger partial charge on any atom is 0.226 e. The monoisotopic (exact) mass is 282 g/mol. The van der Waals surface area contributed by atoms with Crippen molar-refractivity contribution in [2.45, 2.75) is 73.4 Å². The highest BCUT2D eigenvalue weighted by Gasteiger charge is 2.46. The van der Waals surface area contributed by atoms with E-state index in [1.54, 1.807) is 0 Å². The fourth-order valence-electron chi connectivity index (χ4n) is 3.31. The van der Waals surface area contributed by atoms with Crippen molar-refractivity contribution in [1.82, 2.24) is 4.90 Å². The van der Waals surface area contributed by atoms with Crippen LogP contribution in [0.3, 0.4) is 0 Å². The highest BCUT2D eigenvalue weighted by molar-refractivity contribution is 5.80. The zero-order valence-electron chi connectivity index (χ0n) is 14.7. The summed E-state index contributed by atoms with van der Waals surface area (Å²) in [5.41, 5.74) is 6.27. The third-order valence-corrected chi connectivity index (χ3v) is 5.98. The van der Waals surface area contributed by atoms with Crippen LogP contribution < -0.4 is 5.73 Å². The second kappa shape index (κ2) is 5.67. The van der Waals surface area contributed by atoms with Crippen LogP contribution in [0.15, 0.2) is 0 Å². The molecule has 0 aromatic rings. The van der Waals surface area contributed by atoms with Crippen LogP contribution in [-0.4, -0.2) is 29.9 Å². The topological polar surface area (TPSA) is 46.3 Å². The maximum atomic E-state index is 12.9. The van der Waals surface area contributed by atoms with Gasteiger partial charge in [-0.25, -0.2) is 0 Å². The minimum absolute atomic E-state index is 0.0272. The van der Waals surface area contributed by atoms with Crippen LogP contribution in [0, 0.1) is 22.7 Å². The van der Waals surface area contributed by atoms with Crippen LogP contribution in [0.5, 0.6) is 0 Å². The van der Waals surface area contributed by atoms with Crippen LogP contribution >= 0.6 is 0 Å². The predicted molar refractivity (Wildman–Crippen MR) is 85.3 cm³/mol. The van der Waals surface area contributed by atoms with E-state index < -0.39 is 0 Å². The summed E-state index contributed by atoms with van der Waals surface area (Å²) in [4.78, 5) is 14.9. The third kappa shape index (κ3) is 3.19. The molecule has 0 heterocycles. The molecule has 1 fully saturated rings. The molecule has 1 aliphatic carbocycles. The van der Waals surface area contributed by atoms with E-state index in [9.17, 15) is 4.79 Å². The average molecular weight is 282 g/mol. The molecule has 1 rings (SSSR count). The minimum atomic E-state index is -0.0272. The van der Waals surface area contributed by atoms with Crippen molar-refractivity contribution in [2.24, 2.45) is 28.4 Å². The molecule has 0 radical (unpaired) electrons. The summed E-state index contributed by atoms with van der Waals surface area (Å²) in [6.45, 7) is 15.3. The summed E-state index contributed by atoms with van der Waals surface area (Å²) in [5.74, 6) is 0.756. The van der Waals surface area contributed by atoms with Gasteiger partial charge in [-0.15, -0.1) is 0 Å². The highest BCUT2D eigenvalue weighted by Crippen LogP contribution is 2.45. The van der Waals surface area contributed by atoms with Crippen LogP contribution in [0.2, 0.25) is 0 Å². The fourth-order valence-corrected chi connectivity index (χ4v) is 3.31. The molecule has 3 heteroatoms. The van der Waals surface area contributed by atoms with Gasteiger partial charge in [-0.3, -0.25) is 4.79 Å². The van der Waals surface area contributed by atoms with E-state index in [2.05, 4.69) is 48.5 Å². The molecule has 0 aromatic carbocycles. The Labute approximate surface area is 125 Å². The largest absolute Gasteiger partial charge is 0.342 e. The lowest BCUT2D eigenvalue weighted by Gasteiger charge is -2.48. The van der Waals surface area contributed by atoms with Gasteiger partial charge in [-0.05, 0) is 36.5 Å². The molecule has 4 unspecified atom stereocenters. The van der Waals surface area contributed by atoms with Crippen molar-refractivity contribution in [2.75, 3.05) is 7.05 Å². The Morgan fingerprint density at radius 1 is 1.30 bits per heavy atom. The summed E-state index contributed by atoms with van der Waals surface area (Å²) in [7, 11) is 1.95. The molecule has 2 N–H and O–H groups in total. The zero-order valence-corrected chi connectivity index (χ0v) is 14.7. The van der Waals surface area contributed by atoms with Crippen LogP contribution in [0.1, 0.15) is 61.3 Å². The highest BCUT2D eigenvalue weighted by atomic mass is 16.2. The van der Waals surface area contributed by atoms with E-state index in [-0.39, 0.29) is 34.7 Å². The fraction of sp³-hybridized carbons (Fsp3) is 0.941. The lowest BCUT2D eigenvalue weighted by Crippen LogP contribution is -2.54. The summed E-state index contributed by atoms with van der Waals surface area (Å²) in [5, 5.41) is 0. The SMILES string of the molecule is CC(N(C)C(=O)C1CCC(N)C(C)C1(C)C)C(C)(C)C. The van der Waals surface area contributed by atoms with Gasteiger partial charge in [-0.1, -0.05) is 41.5 Å². The third-order valence-electron chi connectivity index (χ3n) is 5.98. The van der Waals surface area contributed by atoms with Gasteiger partial charge < -0.3 is 10.6 Å². The molecule has 1 saturated carbocycles. The molecule has 0 bridgehead atoms. The number of carbonyl (C=O) groups is 1. The molecule has 0 saturated heterocycles. The van der Waals surface area contributed by atoms with E-state index in [0.717, 1.165) is 12.8 Å². The van der Waals surface area contributed by atoms with E-state index in [1.807, 2.05) is 11.9 Å². The first kappa shape index (κ1) is 17.5. The summed E-state index contributed by atoms with van der Waals surface area (Å²) in [6.07, 6.45) is 1.87. The lowest BCUT2D eigenvalue weighted by atomic mass is 9.60. The first-order chi connectivity index (χ1) is 8.90. The molecular formula is C17H34N2O. The van der Waals surface area contributed by atoms with Crippen molar-refractivity contribution in [3.05, 3.63) is 0 Å². The van der Waals surface area contributed by atoms with E-state index in [1.165, 1.54) is 0 Å². The standard InChI is InChI=1S/C17H34N2O/c1-11-14(18)10-9-13(17(11,6)7)15(20)19(8)12(2)16(3,4)5/h11-14H,9-10,18H2,1-8H3. The number of nitrogens with zero attached hydrogens (tertiary/aromatic N) is 1. The summed E-state index contributed by atoms with van der Waals surface area (Å²) < 4.78 is 0.